The van der Waals surface area contributed by atoms with Gasteiger partial charge in [0, 0.05) is 31.3 Å². The molecule has 1 atom stereocenters. The minimum Gasteiger partial charge on any atom is -0.354 e. The van der Waals surface area contributed by atoms with E-state index in [-0.39, 0.29) is 43.9 Å². The van der Waals surface area contributed by atoms with Crippen LogP contribution < -0.4 is 5.32 Å². The normalized spacial score (nSPS) is 20.7. The summed E-state index contributed by atoms with van der Waals surface area (Å²) in [6.45, 7) is 0.610. The van der Waals surface area contributed by atoms with Crippen LogP contribution in [0.2, 0.25) is 0 Å². The molecule has 1 saturated heterocycles. The molecular formula is C23H34N3O5S. The molecule has 1 heterocycles. The van der Waals surface area contributed by atoms with Crippen molar-refractivity contribution in [3.63, 3.8) is 0 Å². The molecule has 8 nitrogen and oxygen atoms in total. The quantitative estimate of drug-likeness (QED) is 0.500. The van der Waals surface area contributed by atoms with Crippen LogP contribution in [0.4, 0.5) is 5.69 Å². The average molecular weight is 465 g/mol. The molecule has 1 N–H and O–H groups in total. The number of non-ortho nitro benzene ring substituents is 1. The molecule has 1 amide bonds. The van der Waals surface area contributed by atoms with E-state index in [0.29, 0.717) is 13.0 Å². The van der Waals surface area contributed by atoms with Crippen molar-refractivity contribution in [1.82, 2.24) is 9.62 Å². The molecule has 1 unspecified atom stereocenters. The Labute approximate surface area is 193 Å². The van der Waals surface area contributed by atoms with Gasteiger partial charge in [-0.2, -0.15) is 4.31 Å². The third-order valence-electron chi connectivity index (χ3n) is 5.98. The van der Waals surface area contributed by atoms with E-state index in [1.165, 1.54) is 28.9 Å². The number of sulfonamides is 1. The maximum atomic E-state index is 13.2. The zero-order chi connectivity index (χ0) is 21.6. The van der Waals surface area contributed by atoms with Crippen LogP contribution >= 0.6 is 0 Å². The lowest BCUT2D eigenvalue weighted by Crippen LogP contribution is -2.49. The molecule has 1 aliphatic heterocycles. The van der Waals surface area contributed by atoms with Crippen LogP contribution in [0.15, 0.2) is 29.2 Å². The monoisotopic (exact) mass is 464 g/mol. The van der Waals surface area contributed by atoms with Gasteiger partial charge in [0.2, 0.25) is 15.9 Å². The summed E-state index contributed by atoms with van der Waals surface area (Å²) in [6.07, 6.45) is 9.47. The predicted octanol–water partition coefficient (Wildman–Crippen LogP) is 4.23. The van der Waals surface area contributed by atoms with Crippen molar-refractivity contribution in [3.05, 3.63) is 55.2 Å². The van der Waals surface area contributed by atoms with Gasteiger partial charge in [-0.15, -0.1) is 0 Å². The first-order valence-corrected chi connectivity index (χ1v) is 12.2. The fourth-order valence-electron chi connectivity index (χ4n) is 4.28. The zero-order valence-corrected chi connectivity index (χ0v) is 19.4. The van der Waals surface area contributed by atoms with Gasteiger partial charge >= 0.3 is 0 Å². The Morgan fingerprint density at radius 1 is 1.06 bits per heavy atom. The van der Waals surface area contributed by atoms with Crippen molar-refractivity contribution in [1.29, 1.82) is 0 Å². The number of amides is 1. The summed E-state index contributed by atoms with van der Waals surface area (Å²) in [7, 11) is -3.88. The molecule has 1 saturated carbocycles. The summed E-state index contributed by atoms with van der Waals surface area (Å²) in [4.78, 5) is 23.0. The molecule has 177 valence electrons. The smallest absolute Gasteiger partial charge is 0.270 e. The number of carbonyl (C=O) groups excluding carboxylic acids is 1. The van der Waals surface area contributed by atoms with Crippen LogP contribution in [0, 0.1) is 30.9 Å². The topological polar surface area (TPSA) is 110 Å². The highest BCUT2D eigenvalue weighted by Crippen LogP contribution is 2.28. The fraction of sp³-hybridized carbons (Fsp3) is 0.565. The number of nitro groups is 1. The van der Waals surface area contributed by atoms with Crippen LogP contribution in [0.5, 0.6) is 0 Å². The minimum absolute atomic E-state index is 0. The number of piperidine rings is 1. The lowest BCUT2D eigenvalue weighted by molar-refractivity contribution is -0.385. The van der Waals surface area contributed by atoms with E-state index in [1.807, 2.05) is 0 Å². The molecule has 3 rings (SSSR count). The highest BCUT2D eigenvalue weighted by molar-refractivity contribution is 7.89. The third-order valence-corrected chi connectivity index (χ3v) is 7.93. The van der Waals surface area contributed by atoms with E-state index in [4.69, 9.17) is 0 Å². The van der Waals surface area contributed by atoms with Crippen LogP contribution in [-0.2, 0) is 14.8 Å². The van der Waals surface area contributed by atoms with Gasteiger partial charge < -0.3 is 5.32 Å². The molecule has 2 fully saturated rings. The van der Waals surface area contributed by atoms with Gasteiger partial charge in [0.05, 0.1) is 15.7 Å². The van der Waals surface area contributed by atoms with Gasteiger partial charge in [0.1, 0.15) is 0 Å². The number of hydrogen-bond acceptors (Lipinski definition) is 5. The van der Waals surface area contributed by atoms with Crippen LogP contribution in [0.25, 0.3) is 0 Å². The largest absolute Gasteiger partial charge is 0.354 e. The summed E-state index contributed by atoms with van der Waals surface area (Å²) in [5, 5.41) is 14.0. The van der Waals surface area contributed by atoms with Crippen molar-refractivity contribution in [2.45, 2.75) is 75.1 Å². The van der Waals surface area contributed by atoms with Crippen molar-refractivity contribution >= 4 is 21.6 Å². The highest BCUT2D eigenvalue weighted by atomic mass is 32.2. The number of benzene rings is 1. The van der Waals surface area contributed by atoms with E-state index < -0.39 is 14.9 Å². The Morgan fingerprint density at radius 3 is 2.38 bits per heavy atom. The Bertz CT molecular complexity index is 851. The van der Waals surface area contributed by atoms with E-state index in [2.05, 4.69) is 5.32 Å². The van der Waals surface area contributed by atoms with E-state index >= 15 is 0 Å². The van der Waals surface area contributed by atoms with Gasteiger partial charge in [0.15, 0.2) is 0 Å². The maximum absolute atomic E-state index is 13.2. The van der Waals surface area contributed by atoms with Gasteiger partial charge in [0.25, 0.3) is 5.69 Å². The summed E-state index contributed by atoms with van der Waals surface area (Å²) in [6, 6.07) is 4.80. The van der Waals surface area contributed by atoms with Crippen molar-refractivity contribution in [3.8, 4) is 0 Å². The Balaban J connectivity index is 0.00000256. The SMILES string of the molecule is O=C(NCC1CCCCN1S(=O)(=O)c1cccc([N+](=O)[O-])c1)[C]1CCCCCCC1.[CH2].[CH2]. The van der Waals surface area contributed by atoms with Crippen LogP contribution in [0.3, 0.4) is 0 Å². The molecule has 32 heavy (non-hydrogen) atoms. The second kappa shape index (κ2) is 12.9. The fourth-order valence-corrected chi connectivity index (χ4v) is 6.01. The number of carbonyl (C=O) groups is 1. The van der Waals surface area contributed by atoms with E-state index in [9.17, 15) is 23.3 Å². The van der Waals surface area contributed by atoms with Crippen LogP contribution in [0.1, 0.15) is 64.2 Å². The summed E-state index contributed by atoms with van der Waals surface area (Å²) >= 11 is 0. The summed E-state index contributed by atoms with van der Waals surface area (Å²) < 4.78 is 27.8. The number of nitro benzene ring substituents is 1. The van der Waals surface area contributed by atoms with Crippen molar-refractivity contribution < 1.29 is 18.1 Å². The number of hydrogen-bond donors (Lipinski definition) is 1. The highest BCUT2D eigenvalue weighted by Gasteiger charge is 2.34. The molecule has 0 aromatic heterocycles. The average Bonchev–Trinajstić information content (AvgIpc) is 2.72. The lowest BCUT2D eigenvalue weighted by Gasteiger charge is -2.35. The van der Waals surface area contributed by atoms with Gasteiger partial charge in [-0.1, -0.05) is 59.4 Å². The van der Waals surface area contributed by atoms with Gasteiger partial charge in [-0.05, 0) is 31.7 Å². The Hall–Kier alpha value is -2.00. The van der Waals surface area contributed by atoms with Crippen molar-refractivity contribution in [2.24, 2.45) is 0 Å². The summed E-state index contributed by atoms with van der Waals surface area (Å²) in [5.41, 5.74) is -0.251. The molecule has 9 heteroatoms. The number of rotatable bonds is 6. The zero-order valence-electron chi connectivity index (χ0n) is 18.6. The van der Waals surface area contributed by atoms with E-state index in [0.717, 1.165) is 63.4 Å². The molecule has 0 bridgehead atoms. The molecular weight excluding hydrogens is 430 g/mol. The number of nitrogens with one attached hydrogen (secondary N) is 1. The predicted molar refractivity (Wildman–Crippen MR) is 124 cm³/mol. The minimum atomic E-state index is -3.88. The second-order valence-corrected chi connectivity index (χ2v) is 9.99. The molecule has 1 aromatic carbocycles. The Morgan fingerprint density at radius 2 is 1.72 bits per heavy atom. The maximum Gasteiger partial charge on any atom is 0.270 e. The van der Waals surface area contributed by atoms with Crippen molar-refractivity contribution in [2.75, 3.05) is 13.1 Å². The molecule has 2 aliphatic rings. The summed E-state index contributed by atoms with van der Waals surface area (Å²) in [5.74, 6) is 0.855. The first-order chi connectivity index (χ1) is 14.4. The first-order valence-electron chi connectivity index (χ1n) is 10.8. The molecule has 1 aromatic rings. The lowest BCUT2D eigenvalue weighted by atomic mass is 9.90. The third kappa shape index (κ3) is 7.00. The van der Waals surface area contributed by atoms with Gasteiger partial charge in [-0.3, -0.25) is 14.9 Å². The standard InChI is InChI=1S/C21H30N3O5S.2CH2/c25-21(17-9-4-2-1-3-5-10-17)22-16-19-11-6-7-14-23(19)30(28,29)20-13-8-12-18(15-20)24(26)27;;/h8,12-13,15,19H,1-7,9-11,14,16H2,(H,22,25);2*1H2. The van der Waals surface area contributed by atoms with Gasteiger partial charge in [-0.25, -0.2) is 8.42 Å². The molecule has 1 aliphatic carbocycles. The number of nitrogens with zero attached hydrogens (tertiary/aromatic N) is 2. The molecule has 0 spiro atoms. The van der Waals surface area contributed by atoms with Crippen LogP contribution in [-0.4, -0.2) is 42.7 Å². The second-order valence-electron chi connectivity index (χ2n) is 8.10. The van der Waals surface area contributed by atoms with E-state index in [1.54, 1.807) is 0 Å². The first kappa shape index (κ1) is 28.0. The molecule has 5 radical (unpaired) electrons. The Kier molecular flexibility index (Phi) is 11.3.